The first-order chi connectivity index (χ1) is 9.70. The molecule has 0 aromatic carbocycles. The molecular weight excluding hydrogens is 278 g/mol. The van der Waals surface area contributed by atoms with Crippen LogP contribution in [0.1, 0.15) is 9.88 Å². The molecule has 0 bridgehead atoms. The highest BCUT2D eigenvalue weighted by Crippen LogP contribution is 2.13. The highest BCUT2D eigenvalue weighted by atomic mass is 32.1. The topological polar surface area (TPSA) is 120 Å². The smallest absolute Gasteiger partial charge is 0.258 e. The van der Waals surface area contributed by atoms with Gasteiger partial charge < -0.3 is 11.1 Å². The van der Waals surface area contributed by atoms with Crippen molar-refractivity contribution in [1.82, 2.24) is 34.7 Å². The van der Waals surface area contributed by atoms with Gasteiger partial charge in [0.25, 0.3) is 5.95 Å². The minimum Gasteiger partial charge on any atom is -0.368 e. The van der Waals surface area contributed by atoms with Gasteiger partial charge in [0.15, 0.2) is 0 Å². The number of hydrogen-bond acceptors (Lipinski definition) is 9. The molecule has 0 aliphatic rings. The van der Waals surface area contributed by atoms with Crippen LogP contribution in [0, 0.1) is 6.92 Å². The van der Waals surface area contributed by atoms with Crippen LogP contribution in [0.3, 0.4) is 0 Å². The molecular formula is C10H11N9S. The first kappa shape index (κ1) is 12.4. The summed E-state index contributed by atoms with van der Waals surface area (Å²) in [7, 11) is 0. The number of aromatic nitrogens is 7. The van der Waals surface area contributed by atoms with Crippen LogP contribution in [0.4, 0.5) is 11.9 Å². The van der Waals surface area contributed by atoms with Crippen LogP contribution in [0.25, 0.3) is 5.95 Å². The summed E-state index contributed by atoms with van der Waals surface area (Å²) in [6.45, 7) is 2.53. The second kappa shape index (κ2) is 5.17. The van der Waals surface area contributed by atoms with Crippen LogP contribution in [-0.4, -0.2) is 34.7 Å². The molecule has 9 nitrogen and oxygen atoms in total. The number of hydrogen-bond donors (Lipinski definition) is 2. The van der Waals surface area contributed by atoms with Gasteiger partial charge in [-0.2, -0.15) is 24.7 Å². The SMILES string of the molecule is Cc1ncc(CNc2nc(N)nc(-n3cncn3)n2)s1. The lowest BCUT2D eigenvalue weighted by Gasteiger charge is -2.05. The van der Waals surface area contributed by atoms with Gasteiger partial charge in [0.05, 0.1) is 11.6 Å². The van der Waals surface area contributed by atoms with Gasteiger partial charge in [0, 0.05) is 11.1 Å². The van der Waals surface area contributed by atoms with Gasteiger partial charge in [-0.3, -0.25) is 0 Å². The summed E-state index contributed by atoms with van der Waals surface area (Å²) < 4.78 is 1.42. The number of anilines is 2. The monoisotopic (exact) mass is 289 g/mol. The van der Waals surface area contributed by atoms with Gasteiger partial charge in [-0.25, -0.2) is 9.97 Å². The van der Waals surface area contributed by atoms with E-state index in [0.29, 0.717) is 18.4 Å². The van der Waals surface area contributed by atoms with Crippen LogP contribution < -0.4 is 11.1 Å². The van der Waals surface area contributed by atoms with Crippen LogP contribution in [0.2, 0.25) is 0 Å². The lowest BCUT2D eigenvalue weighted by molar-refractivity contribution is 0.797. The predicted molar refractivity (Wildman–Crippen MR) is 73.3 cm³/mol. The Morgan fingerprint density at radius 2 is 2.25 bits per heavy atom. The van der Waals surface area contributed by atoms with Gasteiger partial charge in [0.2, 0.25) is 11.9 Å². The average molecular weight is 289 g/mol. The fourth-order valence-corrected chi connectivity index (χ4v) is 2.26. The van der Waals surface area contributed by atoms with Gasteiger partial charge in [-0.05, 0) is 6.92 Å². The number of nitrogen functional groups attached to an aromatic ring is 1. The molecule has 0 atom stereocenters. The Labute approximate surface area is 118 Å². The maximum Gasteiger partial charge on any atom is 0.258 e. The van der Waals surface area contributed by atoms with Gasteiger partial charge in [-0.1, -0.05) is 0 Å². The van der Waals surface area contributed by atoms with E-state index in [1.165, 1.54) is 17.3 Å². The van der Waals surface area contributed by atoms with E-state index in [2.05, 4.69) is 35.3 Å². The number of aryl methyl sites for hydroxylation is 1. The molecule has 0 aliphatic heterocycles. The maximum atomic E-state index is 5.67. The Balaban J connectivity index is 1.79. The zero-order valence-corrected chi connectivity index (χ0v) is 11.4. The van der Waals surface area contributed by atoms with Crippen LogP contribution in [-0.2, 0) is 6.54 Å². The highest BCUT2D eigenvalue weighted by Gasteiger charge is 2.07. The van der Waals surface area contributed by atoms with Crippen LogP contribution in [0.15, 0.2) is 18.9 Å². The first-order valence-electron chi connectivity index (χ1n) is 5.72. The Kier molecular flexibility index (Phi) is 3.21. The molecule has 0 amide bonds. The van der Waals surface area contributed by atoms with Crippen molar-refractivity contribution in [1.29, 1.82) is 0 Å². The van der Waals surface area contributed by atoms with Gasteiger partial charge in [0.1, 0.15) is 12.7 Å². The normalized spacial score (nSPS) is 10.7. The van der Waals surface area contributed by atoms with E-state index < -0.39 is 0 Å². The molecule has 0 saturated heterocycles. The number of nitrogens with zero attached hydrogens (tertiary/aromatic N) is 7. The number of rotatable bonds is 4. The third-order valence-corrected chi connectivity index (χ3v) is 3.27. The average Bonchev–Trinajstić information content (AvgIpc) is 3.07. The third kappa shape index (κ3) is 2.69. The quantitative estimate of drug-likeness (QED) is 0.708. The minimum absolute atomic E-state index is 0.119. The largest absolute Gasteiger partial charge is 0.368 e. The van der Waals surface area contributed by atoms with Crippen molar-refractivity contribution in [3.05, 3.63) is 28.7 Å². The minimum atomic E-state index is 0.119. The molecule has 0 aliphatic carbocycles. The molecule has 3 N–H and O–H groups in total. The molecule has 10 heteroatoms. The van der Waals surface area contributed by atoms with Crippen molar-refractivity contribution in [2.75, 3.05) is 11.1 Å². The summed E-state index contributed by atoms with van der Waals surface area (Å²) >= 11 is 1.61. The number of nitrogens with one attached hydrogen (secondary N) is 1. The van der Waals surface area contributed by atoms with Crippen molar-refractivity contribution >= 4 is 23.2 Å². The molecule has 0 unspecified atom stereocenters. The molecule has 0 radical (unpaired) electrons. The highest BCUT2D eigenvalue weighted by molar-refractivity contribution is 7.11. The lowest BCUT2D eigenvalue weighted by atomic mass is 10.5. The van der Waals surface area contributed by atoms with E-state index in [0.717, 1.165) is 9.88 Å². The molecule has 3 aromatic heterocycles. The van der Waals surface area contributed by atoms with E-state index in [1.807, 2.05) is 13.1 Å². The Bertz CT molecular complexity index is 705. The predicted octanol–water partition coefficient (Wildman–Crippen LogP) is 0.412. The molecule has 20 heavy (non-hydrogen) atoms. The van der Waals surface area contributed by atoms with E-state index in [4.69, 9.17) is 5.73 Å². The second-order valence-corrected chi connectivity index (χ2v) is 5.18. The van der Waals surface area contributed by atoms with Crippen molar-refractivity contribution < 1.29 is 0 Å². The molecule has 3 rings (SSSR count). The Morgan fingerprint density at radius 3 is 2.95 bits per heavy atom. The number of nitrogens with two attached hydrogens (primary N) is 1. The van der Waals surface area contributed by atoms with Crippen molar-refractivity contribution in [2.24, 2.45) is 0 Å². The van der Waals surface area contributed by atoms with Crippen LogP contribution in [0.5, 0.6) is 0 Å². The zero-order valence-electron chi connectivity index (χ0n) is 10.6. The van der Waals surface area contributed by atoms with Gasteiger partial charge in [-0.15, -0.1) is 11.3 Å². The molecule has 102 valence electrons. The summed E-state index contributed by atoms with van der Waals surface area (Å²) in [5.41, 5.74) is 5.67. The van der Waals surface area contributed by atoms with E-state index in [1.54, 1.807) is 11.3 Å². The summed E-state index contributed by atoms with van der Waals surface area (Å²) in [6, 6.07) is 0. The first-order valence-corrected chi connectivity index (χ1v) is 6.54. The summed E-state index contributed by atoms with van der Waals surface area (Å²) in [5, 5.41) is 8.05. The fraction of sp³-hybridized carbons (Fsp3) is 0.200. The standard InChI is InChI=1S/C10H11N9S/c1-6-13-2-7(20-6)3-14-9-16-8(11)17-10(18-9)19-5-12-4-15-19/h2,4-5H,3H2,1H3,(H3,11,14,16,17,18). The lowest BCUT2D eigenvalue weighted by Crippen LogP contribution is -2.11. The van der Waals surface area contributed by atoms with E-state index >= 15 is 0 Å². The molecule has 3 heterocycles. The van der Waals surface area contributed by atoms with Gasteiger partial charge >= 0.3 is 0 Å². The Morgan fingerprint density at radius 1 is 1.35 bits per heavy atom. The molecule has 3 aromatic rings. The fourth-order valence-electron chi connectivity index (χ4n) is 1.53. The Hall–Kier alpha value is -2.62. The molecule has 0 saturated carbocycles. The number of thiazole rings is 1. The summed E-state index contributed by atoms with van der Waals surface area (Å²) in [4.78, 5) is 21.4. The zero-order chi connectivity index (χ0) is 13.9. The van der Waals surface area contributed by atoms with Crippen LogP contribution >= 0.6 is 11.3 Å². The van der Waals surface area contributed by atoms with E-state index in [-0.39, 0.29) is 5.95 Å². The third-order valence-electron chi connectivity index (χ3n) is 2.35. The van der Waals surface area contributed by atoms with Crippen molar-refractivity contribution in [3.63, 3.8) is 0 Å². The molecule has 0 fully saturated rings. The van der Waals surface area contributed by atoms with Crippen molar-refractivity contribution in [3.8, 4) is 5.95 Å². The summed E-state index contributed by atoms with van der Waals surface area (Å²) in [6.07, 6.45) is 4.70. The molecule has 0 spiro atoms. The van der Waals surface area contributed by atoms with Crippen molar-refractivity contribution in [2.45, 2.75) is 13.5 Å². The van der Waals surface area contributed by atoms with E-state index in [9.17, 15) is 0 Å². The second-order valence-electron chi connectivity index (χ2n) is 3.86. The maximum absolute atomic E-state index is 5.67. The summed E-state index contributed by atoms with van der Waals surface area (Å²) in [5.74, 6) is 0.820.